The van der Waals surface area contributed by atoms with Gasteiger partial charge in [-0.15, -0.1) is 0 Å². The van der Waals surface area contributed by atoms with Gasteiger partial charge < -0.3 is 4.90 Å². The molecule has 0 amide bonds. The molecule has 0 aromatic heterocycles. The van der Waals surface area contributed by atoms with Gasteiger partial charge in [0.05, 0.1) is 0 Å². The average molecular weight is 207 g/mol. The molecule has 86 valence electrons. The first-order chi connectivity index (χ1) is 7.26. The van der Waals surface area contributed by atoms with Crippen LogP contribution in [-0.4, -0.2) is 18.0 Å². The van der Waals surface area contributed by atoms with E-state index >= 15 is 0 Å². The molecule has 0 atom stereocenters. The van der Waals surface area contributed by atoms with Gasteiger partial charge in [0, 0.05) is 18.8 Å². The van der Waals surface area contributed by atoms with Crippen LogP contribution in [0.5, 0.6) is 0 Å². The zero-order valence-corrected chi connectivity index (χ0v) is 10.3. The fraction of sp³-hybridized carbons (Fsp3) is 0.571. The molecule has 0 aliphatic heterocycles. The molecule has 0 aromatic rings. The molecule has 15 heavy (non-hydrogen) atoms. The van der Waals surface area contributed by atoms with E-state index in [1.165, 1.54) is 25.7 Å². The Morgan fingerprint density at radius 2 is 1.67 bits per heavy atom. The summed E-state index contributed by atoms with van der Waals surface area (Å²) in [6, 6.07) is 0. The standard InChI is InChI=1S/C14H25N/c1-5-8-11-14(4)15(12-9-6-2)13-10-7-3/h5,8,11H,1,4,6-7,9-10,12-13H2,2-3H3/b11-8-. The van der Waals surface area contributed by atoms with Gasteiger partial charge in [0.25, 0.3) is 0 Å². The summed E-state index contributed by atoms with van der Waals surface area (Å²) in [7, 11) is 0. The summed E-state index contributed by atoms with van der Waals surface area (Å²) in [6.07, 6.45) is 10.7. The highest BCUT2D eigenvalue weighted by Crippen LogP contribution is 2.08. The zero-order chi connectivity index (χ0) is 11.5. The quantitative estimate of drug-likeness (QED) is 0.513. The second kappa shape index (κ2) is 9.57. The van der Waals surface area contributed by atoms with Crippen LogP contribution in [0.1, 0.15) is 39.5 Å². The molecule has 1 heteroatoms. The van der Waals surface area contributed by atoms with E-state index in [4.69, 9.17) is 0 Å². The topological polar surface area (TPSA) is 3.24 Å². The van der Waals surface area contributed by atoms with Gasteiger partial charge in [0.15, 0.2) is 0 Å². The van der Waals surface area contributed by atoms with Crippen LogP contribution in [0, 0.1) is 0 Å². The zero-order valence-electron chi connectivity index (χ0n) is 10.3. The van der Waals surface area contributed by atoms with Crippen LogP contribution in [0.15, 0.2) is 37.1 Å². The Hall–Kier alpha value is -0.980. The van der Waals surface area contributed by atoms with Gasteiger partial charge in [0.2, 0.25) is 0 Å². The van der Waals surface area contributed by atoms with Gasteiger partial charge in [-0.3, -0.25) is 0 Å². The van der Waals surface area contributed by atoms with Crippen molar-refractivity contribution < 1.29 is 0 Å². The molecule has 0 aliphatic carbocycles. The van der Waals surface area contributed by atoms with E-state index in [2.05, 4.69) is 31.9 Å². The Morgan fingerprint density at radius 3 is 2.07 bits per heavy atom. The van der Waals surface area contributed by atoms with Crippen molar-refractivity contribution >= 4 is 0 Å². The first kappa shape index (κ1) is 14.0. The average Bonchev–Trinajstić information content (AvgIpc) is 2.26. The normalized spacial score (nSPS) is 10.5. The van der Waals surface area contributed by atoms with E-state index in [0.717, 1.165) is 18.8 Å². The Labute approximate surface area is 95.2 Å². The molecular formula is C14H25N. The van der Waals surface area contributed by atoms with E-state index in [9.17, 15) is 0 Å². The summed E-state index contributed by atoms with van der Waals surface area (Å²) in [5.41, 5.74) is 1.11. The molecule has 1 nitrogen and oxygen atoms in total. The van der Waals surface area contributed by atoms with Crippen LogP contribution in [-0.2, 0) is 0 Å². The fourth-order valence-electron chi connectivity index (χ4n) is 1.38. The fourth-order valence-corrected chi connectivity index (χ4v) is 1.38. The van der Waals surface area contributed by atoms with Crippen molar-refractivity contribution in [3.05, 3.63) is 37.1 Å². The number of nitrogens with zero attached hydrogens (tertiary/aromatic N) is 1. The van der Waals surface area contributed by atoms with Crippen LogP contribution in [0.4, 0.5) is 0 Å². The van der Waals surface area contributed by atoms with Crippen molar-refractivity contribution in [3.8, 4) is 0 Å². The number of hydrogen-bond acceptors (Lipinski definition) is 1. The van der Waals surface area contributed by atoms with Crippen LogP contribution in [0.25, 0.3) is 0 Å². The highest BCUT2D eigenvalue weighted by atomic mass is 15.1. The molecule has 0 heterocycles. The summed E-state index contributed by atoms with van der Waals surface area (Å²) in [6.45, 7) is 14.4. The maximum Gasteiger partial charge on any atom is 0.0293 e. The molecule has 0 saturated heterocycles. The van der Waals surface area contributed by atoms with Gasteiger partial charge in [-0.25, -0.2) is 0 Å². The largest absolute Gasteiger partial charge is 0.372 e. The third-order valence-corrected chi connectivity index (χ3v) is 2.39. The SMILES string of the molecule is C=C/C=C\C(=C)N(CCCC)CCCC. The first-order valence-electron chi connectivity index (χ1n) is 5.99. The lowest BCUT2D eigenvalue weighted by molar-refractivity contribution is 0.342. The third-order valence-electron chi connectivity index (χ3n) is 2.39. The minimum Gasteiger partial charge on any atom is -0.372 e. The highest BCUT2D eigenvalue weighted by Gasteiger charge is 2.03. The maximum atomic E-state index is 4.09. The molecule has 0 saturated carbocycles. The molecule has 0 rings (SSSR count). The monoisotopic (exact) mass is 207 g/mol. The number of allylic oxidation sites excluding steroid dienone is 3. The molecule has 0 bridgehead atoms. The summed E-state index contributed by atoms with van der Waals surface area (Å²) in [5, 5.41) is 0. The highest BCUT2D eigenvalue weighted by molar-refractivity contribution is 5.17. The van der Waals surface area contributed by atoms with Crippen molar-refractivity contribution in [2.75, 3.05) is 13.1 Å². The van der Waals surface area contributed by atoms with Crippen LogP contribution in [0.2, 0.25) is 0 Å². The minimum atomic E-state index is 1.11. The molecular weight excluding hydrogens is 182 g/mol. The molecule has 0 aliphatic rings. The van der Waals surface area contributed by atoms with E-state index in [-0.39, 0.29) is 0 Å². The van der Waals surface area contributed by atoms with Crippen LogP contribution in [0.3, 0.4) is 0 Å². The van der Waals surface area contributed by atoms with E-state index < -0.39 is 0 Å². The first-order valence-corrected chi connectivity index (χ1v) is 5.99. The van der Waals surface area contributed by atoms with Gasteiger partial charge in [0.1, 0.15) is 0 Å². The van der Waals surface area contributed by atoms with Gasteiger partial charge in [-0.05, 0) is 18.9 Å². The number of unbranched alkanes of at least 4 members (excludes halogenated alkanes) is 2. The van der Waals surface area contributed by atoms with Gasteiger partial charge >= 0.3 is 0 Å². The van der Waals surface area contributed by atoms with Crippen molar-refractivity contribution in [1.82, 2.24) is 4.90 Å². The summed E-state index contributed by atoms with van der Waals surface area (Å²) in [4.78, 5) is 2.37. The molecule has 0 unspecified atom stereocenters. The summed E-state index contributed by atoms with van der Waals surface area (Å²) >= 11 is 0. The predicted octanol–water partition coefficient (Wildman–Crippen LogP) is 4.14. The Balaban J connectivity index is 4.12. The summed E-state index contributed by atoms with van der Waals surface area (Å²) < 4.78 is 0. The van der Waals surface area contributed by atoms with E-state index in [1.54, 1.807) is 6.08 Å². The van der Waals surface area contributed by atoms with Crippen molar-refractivity contribution in [2.45, 2.75) is 39.5 Å². The lowest BCUT2D eigenvalue weighted by Gasteiger charge is -2.24. The Kier molecular flexibility index (Phi) is 8.95. The number of rotatable bonds is 9. The van der Waals surface area contributed by atoms with Crippen LogP contribution < -0.4 is 0 Å². The van der Waals surface area contributed by atoms with Crippen molar-refractivity contribution in [2.24, 2.45) is 0 Å². The molecule has 0 fully saturated rings. The Morgan fingerprint density at radius 1 is 1.13 bits per heavy atom. The Bertz CT molecular complexity index is 195. The van der Waals surface area contributed by atoms with Crippen molar-refractivity contribution in [3.63, 3.8) is 0 Å². The van der Waals surface area contributed by atoms with Gasteiger partial charge in [-0.2, -0.15) is 0 Å². The lowest BCUT2D eigenvalue weighted by atomic mass is 10.2. The molecule has 0 radical (unpaired) electrons. The van der Waals surface area contributed by atoms with Crippen LogP contribution >= 0.6 is 0 Å². The maximum absolute atomic E-state index is 4.09. The van der Waals surface area contributed by atoms with Crippen molar-refractivity contribution in [1.29, 1.82) is 0 Å². The minimum absolute atomic E-state index is 1.11. The smallest absolute Gasteiger partial charge is 0.0293 e. The molecule has 0 N–H and O–H groups in total. The lowest BCUT2D eigenvalue weighted by Crippen LogP contribution is -2.24. The second-order valence-corrected chi connectivity index (χ2v) is 3.78. The summed E-state index contributed by atoms with van der Waals surface area (Å²) in [5.74, 6) is 0. The predicted molar refractivity (Wildman–Crippen MR) is 69.9 cm³/mol. The third kappa shape index (κ3) is 7.01. The molecule has 0 spiro atoms. The van der Waals surface area contributed by atoms with E-state index in [0.29, 0.717) is 0 Å². The molecule has 0 aromatic carbocycles. The van der Waals surface area contributed by atoms with Gasteiger partial charge in [-0.1, -0.05) is 52.0 Å². The second-order valence-electron chi connectivity index (χ2n) is 3.78. The number of hydrogen-bond donors (Lipinski definition) is 0. The van der Waals surface area contributed by atoms with E-state index in [1.807, 2.05) is 12.2 Å².